The number of aromatic hydroxyl groups is 2. The number of ketones is 1. The van der Waals surface area contributed by atoms with Gasteiger partial charge in [-0.15, -0.1) is 0 Å². The quantitative estimate of drug-likeness (QED) is 0.504. The normalized spacial score (nSPS) is 12.0. The lowest BCUT2D eigenvalue weighted by atomic mass is 10.1. The third-order valence-corrected chi connectivity index (χ3v) is 6.56. The molecular formula is C21H26O3S2. The SMILES string of the molecule is CCC(CC(=O)CCSCc1ccc(O)cc1)SCc1ccc(O)cc1. The Morgan fingerprint density at radius 3 is 2.00 bits per heavy atom. The molecule has 2 aromatic carbocycles. The van der Waals surface area contributed by atoms with Gasteiger partial charge in [-0.25, -0.2) is 0 Å². The first-order valence-electron chi connectivity index (χ1n) is 8.83. The molecule has 2 N–H and O–H groups in total. The van der Waals surface area contributed by atoms with Gasteiger partial charge in [-0.3, -0.25) is 4.79 Å². The van der Waals surface area contributed by atoms with Crippen molar-refractivity contribution in [3.05, 3.63) is 59.7 Å². The fourth-order valence-electron chi connectivity index (χ4n) is 2.45. The van der Waals surface area contributed by atoms with E-state index in [1.54, 1.807) is 36.0 Å². The van der Waals surface area contributed by atoms with Gasteiger partial charge in [-0.1, -0.05) is 31.2 Å². The van der Waals surface area contributed by atoms with E-state index in [4.69, 9.17) is 0 Å². The molecule has 0 bridgehead atoms. The molecule has 0 aromatic heterocycles. The van der Waals surface area contributed by atoms with Crippen molar-refractivity contribution in [2.24, 2.45) is 0 Å². The average molecular weight is 391 g/mol. The summed E-state index contributed by atoms with van der Waals surface area (Å²) in [4.78, 5) is 12.2. The number of carbonyl (C=O) groups is 1. The van der Waals surface area contributed by atoms with Crippen LogP contribution in [0, 0.1) is 0 Å². The molecule has 2 aromatic rings. The van der Waals surface area contributed by atoms with E-state index >= 15 is 0 Å². The van der Waals surface area contributed by atoms with Crippen LogP contribution in [0.3, 0.4) is 0 Å². The summed E-state index contributed by atoms with van der Waals surface area (Å²) >= 11 is 3.57. The minimum absolute atomic E-state index is 0.282. The number of phenols is 2. The van der Waals surface area contributed by atoms with Crippen LogP contribution in [0.2, 0.25) is 0 Å². The molecule has 2 rings (SSSR count). The predicted molar refractivity (Wildman–Crippen MR) is 112 cm³/mol. The molecule has 0 saturated carbocycles. The summed E-state index contributed by atoms with van der Waals surface area (Å²) in [5.74, 6) is 3.45. The lowest BCUT2D eigenvalue weighted by molar-refractivity contribution is -0.118. The molecule has 0 aliphatic heterocycles. The van der Waals surface area contributed by atoms with Crippen LogP contribution in [-0.2, 0) is 16.3 Å². The van der Waals surface area contributed by atoms with Gasteiger partial charge in [0.05, 0.1) is 0 Å². The standard InChI is InChI=1S/C21H26O3S2/c1-2-21(26-15-17-5-9-19(23)10-6-17)13-20(24)11-12-25-14-16-3-7-18(22)8-4-16/h3-10,21-23H,2,11-15H2,1H3. The van der Waals surface area contributed by atoms with E-state index in [1.807, 2.05) is 36.0 Å². The van der Waals surface area contributed by atoms with Gasteiger partial charge in [0.2, 0.25) is 0 Å². The molecule has 0 radical (unpaired) electrons. The smallest absolute Gasteiger partial charge is 0.134 e. The van der Waals surface area contributed by atoms with Crippen LogP contribution in [0.1, 0.15) is 37.3 Å². The number of thioether (sulfide) groups is 2. The second-order valence-electron chi connectivity index (χ2n) is 6.22. The Hall–Kier alpha value is -1.59. The van der Waals surface area contributed by atoms with Gasteiger partial charge in [-0.2, -0.15) is 23.5 Å². The molecule has 0 aliphatic rings. The Balaban J connectivity index is 1.64. The van der Waals surface area contributed by atoms with Crippen molar-refractivity contribution >= 4 is 29.3 Å². The fraction of sp³-hybridized carbons (Fsp3) is 0.381. The fourth-order valence-corrected chi connectivity index (χ4v) is 4.56. The summed E-state index contributed by atoms with van der Waals surface area (Å²) in [5.41, 5.74) is 2.33. The molecule has 1 atom stereocenters. The molecule has 0 heterocycles. The van der Waals surface area contributed by atoms with Crippen molar-refractivity contribution in [3.63, 3.8) is 0 Å². The molecule has 5 heteroatoms. The van der Waals surface area contributed by atoms with E-state index in [0.717, 1.165) is 29.2 Å². The van der Waals surface area contributed by atoms with Gasteiger partial charge >= 0.3 is 0 Å². The van der Waals surface area contributed by atoms with E-state index in [1.165, 1.54) is 5.56 Å². The zero-order valence-corrected chi connectivity index (χ0v) is 16.7. The summed E-state index contributed by atoms with van der Waals surface area (Å²) in [6.07, 6.45) is 2.22. The zero-order valence-electron chi connectivity index (χ0n) is 15.1. The second kappa shape index (κ2) is 11.2. The van der Waals surface area contributed by atoms with Crippen molar-refractivity contribution in [1.82, 2.24) is 0 Å². The minimum atomic E-state index is 0.282. The maximum Gasteiger partial charge on any atom is 0.134 e. The van der Waals surface area contributed by atoms with Crippen LogP contribution in [0.4, 0.5) is 0 Å². The van der Waals surface area contributed by atoms with Crippen LogP contribution < -0.4 is 0 Å². The zero-order chi connectivity index (χ0) is 18.8. The van der Waals surface area contributed by atoms with Crippen molar-refractivity contribution in [3.8, 4) is 11.5 Å². The van der Waals surface area contributed by atoms with E-state index in [0.29, 0.717) is 23.9 Å². The second-order valence-corrected chi connectivity index (χ2v) is 8.61. The summed E-state index contributed by atoms with van der Waals surface area (Å²) < 4.78 is 0. The number of phenolic OH excluding ortho intramolecular Hbond substituents is 2. The first kappa shape index (κ1) is 20.7. The Bertz CT molecular complexity index is 669. The Morgan fingerprint density at radius 1 is 0.923 bits per heavy atom. The van der Waals surface area contributed by atoms with Crippen LogP contribution in [0.25, 0.3) is 0 Å². The molecule has 0 saturated heterocycles. The molecule has 0 fully saturated rings. The van der Waals surface area contributed by atoms with E-state index in [2.05, 4.69) is 6.92 Å². The van der Waals surface area contributed by atoms with Crippen molar-refractivity contribution in [1.29, 1.82) is 0 Å². The minimum Gasteiger partial charge on any atom is -0.508 e. The highest BCUT2D eigenvalue weighted by Gasteiger charge is 2.13. The lowest BCUT2D eigenvalue weighted by Gasteiger charge is -2.14. The number of benzene rings is 2. The van der Waals surface area contributed by atoms with Crippen LogP contribution in [-0.4, -0.2) is 27.0 Å². The maximum absolute atomic E-state index is 12.2. The van der Waals surface area contributed by atoms with Gasteiger partial charge in [-0.05, 0) is 41.8 Å². The number of hydrogen-bond donors (Lipinski definition) is 2. The van der Waals surface area contributed by atoms with Crippen molar-refractivity contribution in [2.75, 3.05) is 5.75 Å². The summed E-state index contributed by atoms with van der Waals surface area (Å²) in [7, 11) is 0. The van der Waals surface area contributed by atoms with E-state index in [-0.39, 0.29) is 11.5 Å². The molecule has 3 nitrogen and oxygen atoms in total. The first-order chi connectivity index (χ1) is 12.6. The van der Waals surface area contributed by atoms with Crippen LogP contribution in [0.5, 0.6) is 11.5 Å². The largest absolute Gasteiger partial charge is 0.508 e. The highest BCUT2D eigenvalue weighted by Crippen LogP contribution is 2.25. The van der Waals surface area contributed by atoms with Crippen molar-refractivity contribution in [2.45, 2.75) is 42.9 Å². The molecule has 0 amide bonds. The van der Waals surface area contributed by atoms with Gasteiger partial charge < -0.3 is 10.2 Å². The molecule has 26 heavy (non-hydrogen) atoms. The third-order valence-electron chi connectivity index (χ3n) is 4.06. The van der Waals surface area contributed by atoms with Crippen LogP contribution in [0.15, 0.2) is 48.5 Å². The van der Waals surface area contributed by atoms with Gasteiger partial charge in [0.25, 0.3) is 0 Å². The highest BCUT2D eigenvalue weighted by atomic mass is 32.2. The molecular weight excluding hydrogens is 364 g/mol. The van der Waals surface area contributed by atoms with Crippen LogP contribution >= 0.6 is 23.5 Å². The van der Waals surface area contributed by atoms with E-state index in [9.17, 15) is 15.0 Å². The van der Waals surface area contributed by atoms with Gasteiger partial charge in [0.1, 0.15) is 17.3 Å². The maximum atomic E-state index is 12.2. The number of carbonyl (C=O) groups excluding carboxylic acids is 1. The highest BCUT2D eigenvalue weighted by molar-refractivity contribution is 7.99. The Labute approximate surface area is 164 Å². The van der Waals surface area contributed by atoms with E-state index < -0.39 is 0 Å². The predicted octanol–water partition coefficient (Wildman–Crippen LogP) is 5.39. The Kier molecular flexibility index (Phi) is 8.92. The first-order valence-corrected chi connectivity index (χ1v) is 11.0. The molecule has 140 valence electrons. The topological polar surface area (TPSA) is 57.5 Å². The Morgan fingerprint density at radius 2 is 1.46 bits per heavy atom. The van der Waals surface area contributed by atoms with Crippen molar-refractivity contribution < 1.29 is 15.0 Å². The monoisotopic (exact) mass is 390 g/mol. The molecule has 0 aliphatic carbocycles. The van der Waals surface area contributed by atoms with Gasteiger partial charge in [0, 0.05) is 35.4 Å². The lowest BCUT2D eigenvalue weighted by Crippen LogP contribution is -2.10. The average Bonchev–Trinajstić information content (AvgIpc) is 2.65. The molecule has 1 unspecified atom stereocenters. The summed E-state index contributed by atoms with van der Waals surface area (Å²) in [6.45, 7) is 2.13. The third kappa shape index (κ3) is 7.75. The number of hydrogen-bond acceptors (Lipinski definition) is 5. The van der Waals surface area contributed by atoms with Gasteiger partial charge in [0.15, 0.2) is 0 Å². The molecule has 0 spiro atoms. The summed E-state index contributed by atoms with van der Waals surface area (Å²) in [6, 6.07) is 14.5. The summed E-state index contributed by atoms with van der Waals surface area (Å²) in [5, 5.41) is 18.9. The number of Topliss-reactive ketones (excluding diaryl/α,β-unsaturated/α-hetero) is 1. The number of rotatable bonds is 11.